The smallest absolute Gasteiger partial charge is 0.264 e. The highest BCUT2D eigenvalue weighted by atomic mass is 35.5. The molecule has 0 heterocycles. The highest BCUT2D eigenvalue weighted by molar-refractivity contribution is 7.92. The Morgan fingerprint density at radius 2 is 1.63 bits per heavy atom. The Morgan fingerprint density at radius 3 is 2.21 bits per heavy atom. The number of carbonyl (C=O) groups excluding carboxylic acids is 2. The summed E-state index contributed by atoms with van der Waals surface area (Å²) in [6, 6.07) is 14.6. The minimum Gasteiger partial charge on any atom is -0.494 e. The number of sulfonamides is 1. The van der Waals surface area contributed by atoms with Crippen LogP contribution in [0.4, 0.5) is 10.1 Å². The number of anilines is 1. The number of rotatable bonds is 15. The second-order valence-electron chi connectivity index (χ2n) is 9.73. The molecule has 12 heteroatoms. The van der Waals surface area contributed by atoms with Crippen molar-refractivity contribution in [1.82, 2.24) is 10.2 Å². The molecule has 0 radical (unpaired) electrons. The van der Waals surface area contributed by atoms with E-state index in [1.54, 1.807) is 37.3 Å². The van der Waals surface area contributed by atoms with Crippen LogP contribution < -0.4 is 14.4 Å². The van der Waals surface area contributed by atoms with Crippen molar-refractivity contribution < 1.29 is 27.1 Å². The molecule has 0 aliphatic carbocycles. The van der Waals surface area contributed by atoms with Crippen molar-refractivity contribution in [3.63, 3.8) is 0 Å². The number of ether oxygens (including phenoxy) is 1. The maximum absolute atomic E-state index is 14.1. The molecule has 0 saturated heterocycles. The monoisotopic (exact) mass is 651 g/mol. The van der Waals surface area contributed by atoms with Gasteiger partial charge in [-0.05, 0) is 86.0 Å². The van der Waals surface area contributed by atoms with Crippen LogP contribution in [0.25, 0.3) is 0 Å². The zero-order chi connectivity index (χ0) is 31.6. The maximum Gasteiger partial charge on any atom is 0.264 e. The molecule has 43 heavy (non-hydrogen) atoms. The molecular formula is C31H36Cl2FN3O5S. The molecule has 8 nitrogen and oxygen atoms in total. The molecule has 0 bridgehead atoms. The standard InChI is InChI=1S/C31H36Cl2FN3O5S/c1-4-7-18-35-31(39)29(5-2)36(20-22-8-17-27(32)28(33)19-22)30(38)21-37(24-11-13-25(14-12-24)42-6-3)43(40,41)26-15-9-23(34)10-16-26/h8-17,19,29H,4-7,18,20-21H2,1-3H3,(H,35,39). The molecule has 0 fully saturated rings. The number of nitrogens with zero attached hydrogens (tertiary/aromatic N) is 2. The van der Waals surface area contributed by atoms with Gasteiger partial charge in [0.1, 0.15) is 24.2 Å². The lowest BCUT2D eigenvalue weighted by atomic mass is 10.1. The van der Waals surface area contributed by atoms with Gasteiger partial charge in [0, 0.05) is 13.1 Å². The molecule has 2 amide bonds. The first-order chi connectivity index (χ1) is 20.5. The predicted molar refractivity (Wildman–Crippen MR) is 168 cm³/mol. The highest BCUT2D eigenvalue weighted by Gasteiger charge is 2.33. The van der Waals surface area contributed by atoms with Gasteiger partial charge in [-0.3, -0.25) is 13.9 Å². The Bertz CT molecular complexity index is 1490. The van der Waals surface area contributed by atoms with Gasteiger partial charge in [0.05, 0.1) is 27.2 Å². The quantitative estimate of drug-likeness (QED) is 0.191. The fourth-order valence-corrected chi connectivity index (χ4v) is 6.13. The molecule has 1 unspecified atom stereocenters. The zero-order valence-corrected chi connectivity index (χ0v) is 26.7. The number of hydrogen-bond donors (Lipinski definition) is 1. The first kappa shape index (κ1) is 34.2. The largest absolute Gasteiger partial charge is 0.494 e. The molecule has 1 N–H and O–H groups in total. The molecule has 0 aliphatic heterocycles. The van der Waals surface area contributed by atoms with E-state index in [0.29, 0.717) is 29.5 Å². The summed E-state index contributed by atoms with van der Waals surface area (Å²) in [6.07, 6.45) is 1.92. The number of nitrogens with one attached hydrogen (secondary N) is 1. The molecule has 232 valence electrons. The molecule has 0 saturated carbocycles. The van der Waals surface area contributed by atoms with E-state index >= 15 is 0 Å². The summed E-state index contributed by atoms with van der Waals surface area (Å²) in [5.74, 6) is -1.05. The maximum atomic E-state index is 14.1. The van der Waals surface area contributed by atoms with Crippen LogP contribution >= 0.6 is 23.2 Å². The van der Waals surface area contributed by atoms with Crippen molar-refractivity contribution in [2.24, 2.45) is 0 Å². The van der Waals surface area contributed by atoms with E-state index in [9.17, 15) is 22.4 Å². The van der Waals surface area contributed by atoms with E-state index in [2.05, 4.69) is 5.32 Å². The van der Waals surface area contributed by atoms with E-state index < -0.39 is 34.3 Å². The summed E-state index contributed by atoms with van der Waals surface area (Å²) >= 11 is 12.3. The summed E-state index contributed by atoms with van der Waals surface area (Å²) in [7, 11) is -4.34. The van der Waals surface area contributed by atoms with Crippen molar-refractivity contribution in [3.8, 4) is 5.75 Å². The minimum absolute atomic E-state index is 0.0247. The summed E-state index contributed by atoms with van der Waals surface area (Å²) in [4.78, 5) is 28.5. The Balaban J connectivity index is 2.05. The third kappa shape index (κ3) is 9.08. The average Bonchev–Trinajstić information content (AvgIpc) is 2.98. The first-order valence-corrected chi connectivity index (χ1v) is 16.2. The minimum atomic E-state index is -4.34. The van der Waals surface area contributed by atoms with Crippen molar-refractivity contribution in [2.75, 3.05) is 24.0 Å². The third-order valence-electron chi connectivity index (χ3n) is 6.67. The van der Waals surface area contributed by atoms with E-state index in [4.69, 9.17) is 27.9 Å². The second kappa shape index (κ2) is 15.9. The lowest BCUT2D eigenvalue weighted by Crippen LogP contribution is -2.52. The zero-order valence-electron chi connectivity index (χ0n) is 24.4. The van der Waals surface area contributed by atoms with Crippen LogP contribution in [0.3, 0.4) is 0 Å². The lowest BCUT2D eigenvalue weighted by molar-refractivity contribution is -0.140. The number of halogens is 3. The van der Waals surface area contributed by atoms with Crippen LogP contribution in [0, 0.1) is 5.82 Å². The molecule has 0 aromatic heterocycles. The fourth-order valence-electron chi connectivity index (χ4n) is 4.40. The Morgan fingerprint density at radius 1 is 0.953 bits per heavy atom. The fraction of sp³-hybridized carbons (Fsp3) is 0.355. The second-order valence-corrected chi connectivity index (χ2v) is 12.4. The average molecular weight is 653 g/mol. The van der Waals surface area contributed by atoms with E-state index in [-0.39, 0.29) is 34.5 Å². The van der Waals surface area contributed by atoms with Crippen LogP contribution in [0.5, 0.6) is 5.75 Å². The third-order valence-corrected chi connectivity index (χ3v) is 9.20. The van der Waals surface area contributed by atoms with E-state index in [1.165, 1.54) is 17.0 Å². The lowest BCUT2D eigenvalue weighted by Gasteiger charge is -2.33. The molecule has 3 aromatic rings. The predicted octanol–water partition coefficient (Wildman–Crippen LogP) is 6.45. The van der Waals surface area contributed by atoms with Gasteiger partial charge in [-0.1, -0.05) is 49.5 Å². The summed E-state index contributed by atoms with van der Waals surface area (Å²) in [6.45, 7) is 5.80. The van der Waals surface area contributed by atoms with Crippen LogP contribution in [0.15, 0.2) is 71.6 Å². The first-order valence-electron chi connectivity index (χ1n) is 14.0. The molecule has 3 aromatic carbocycles. The summed E-state index contributed by atoms with van der Waals surface area (Å²) < 4.78 is 47.9. The van der Waals surface area contributed by atoms with Crippen LogP contribution in [-0.4, -0.2) is 50.9 Å². The van der Waals surface area contributed by atoms with E-state index in [0.717, 1.165) is 41.4 Å². The molecule has 3 rings (SSSR count). The number of unbranched alkanes of at least 4 members (excludes halogenated alkanes) is 1. The van der Waals surface area contributed by atoms with Gasteiger partial charge >= 0.3 is 0 Å². The number of hydrogen-bond acceptors (Lipinski definition) is 5. The van der Waals surface area contributed by atoms with Gasteiger partial charge in [0.25, 0.3) is 10.0 Å². The van der Waals surface area contributed by atoms with Crippen LogP contribution in [0.2, 0.25) is 10.0 Å². The summed E-state index contributed by atoms with van der Waals surface area (Å²) in [5, 5.41) is 3.49. The van der Waals surface area contributed by atoms with Crippen molar-refractivity contribution >= 4 is 50.7 Å². The number of carbonyl (C=O) groups is 2. The van der Waals surface area contributed by atoms with Crippen LogP contribution in [0.1, 0.15) is 45.6 Å². The Kier molecular flexibility index (Phi) is 12.7. The number of benzene rings is 3. The Labute approximate surface area is 262 Å². The van der Waals surface area contributed by atoms with Gasteiger partial charge in [0.2, 0.25) is 11.8 Å². The SMILES string of the molecule is CCCCNC(=O)C(CC)N(Cc1ccc(Cl)c(Cl)c1)C(=O)CN(c1ccc(OCC)cc1)S(=O)(=O)c1ccc(F)cc1. The summed E-state index contributed by atoms with van der Waals surface area (Å²) in [5.41, 5.74) is 0.799. The molecule has 1 atom stereocenters. The van der Waals surface area contributed by atoms with E-state index in [1.807, 2.05) is 13.8 Å². The number of amides is 2. The normalized spacial score (nSPS) is 12.0. The molecule has 0 spiro atoms. The molecular weight excluding hydrogens is 616 g/mol. The topological polar surface area (TPSA) is 96.0 Å². The highest BCUT2D eigenvalue weighted by Crippen LogP contribution is 2.28. The van der Waals surface area contributed by atoms with Crippen molar-refractivity contribution in [2.45, 2.75) is 57.5 Å². The van der Waals surface area contributed by atoms with Crippen LogP contribution in [-0.2, 0) is 26.2 Å². The van der Waals surface area contributed by atoms with Gasteiger partial charge in [-0.25, -0.2) is 12.8 Å². The Hall–Kier alpha value is -3.34. The van der Waals surface area contributed by atoms with Gasteiger partial charge in [0.15, 0.2) is 0 Å². The van der Waals surface area contributed by atoms with Crippen molar-refractivity contribution in [1.29, 1.82) is 0 Å². The van der Waals surface area contributed by atoms with Crippen molar-refractivity contribution in [3.05, 3.63) is 88.2 Å². The van der Waals surface area contributed by atoms with Gasteiger partial charge in [-0.15, -0.1) is 0 Å². The van der Waals surface area contributed by atoms with Gasteiger partial charge < -0.3 is 15.0 Å². The molecule has 0 aliphatic rings. The van der Waals surface area contributed by atoms with Gasteiger partial charge in [-0.2, -0.15) is 0 Å².